The first kappa shape index (κ1) is 17.4. The van der Waals surface area contributed by atoms with Gasteiger partial charge in [-0.1, -0.05) is 32.0 Å². The lowest BCUT2D eigenvalue weighted by molar-refractivity contribution is 0.613. The van der Waals surface area contributed by atoms with E-state index in [9.17, 15) is 4.39 Å². The van der Waals surface area contributed by atoms with Crippen molar-refractivity contribution < 1.29 is 4.39 Å². The molecule has 0 spiro atoms. The molecule has 3 heterocycles. The summed E-state index contributed by atoms with van der Waals surface area (Å²) in [6, 6.07) is 8.82. The van der Waals surface area contributed by atoms with Crippen LogP contribution in [0, 0.1) is 19.7 Å². The second-order valence-electron chi connectivity index (χ2n) is 5.58. The van der Waals surface area contributed by atoms with Gasteiger partial charge in [0.15, 0.2) is 5.82 Å². The Hall–Kier alpha value is -2.47. The Kier molecular flexibility index (Phi) is 4.99. The highest BCUT2D eigenvalue weighted by Gasteiger charge is 2.15. The third-order valence-corrected chi connectivity index (χ3v) is 4.98. The molecule has 0 aliphatic heterocycles. The molecule has 0 saturated heterocycles. The fourth-order valence-electron chi connectivity index (χ4n) is 2.82. The molecule has 2 N–H and O–H groups in total. The summed E-state index contributed by atoms with van der Waals surface area (Å²) in [5.74, 6) is 0.527. The summed E-state index contributed by atoms with van der Waals surface area (Å²) in [6.07, 6.45) is 0. The molecular formula is C19H21FN4S. The molecule has 0 atom stereocenters. The van der Waals surface area contributed by atoms with Crippen LogP contribution in [0.4, 0.5) is 10.2 Å². The van der Waals surface area contributed by atoms with Crippen LogP contribution in [0.5, 0.6) is 0 Å². The first-order valence-electron chi connectivity index (χ1n) is 8.35. The first-order chi connectivity index (χ1) is 12.1. The van der Waals surface area contributed by atoms with E-state index in [4.69, 9.17) is 0 Å². The quantitative estimate of drug-likeness (QED) is 0.505. The van der Waals surface area contributed by atoms with E-state index < -0.39 is 0 Å². The molecule has 4 nitrogen and oxygen atoms in total. The van der Waals surface area contributed by atoms with Crippen molar-refractivity contribution in [2.45, 2.75) is 34.2 Å². The van der Waals surface area contributed by atoms with Gasteiger partial charge in [-0.05, 0) is 31.5 Å². The zero-order valence-corrected chi connectivity index (χ0v) is 15.6. The van der Waals surface area contributed by atoms with E-state index in [2.05, 4.69) is 33.5 Å². The summed E-state index contributed by atoms with van der Waals surface area (Å²) in [7, 11) is 0. The highest BCUT2D eigenvalue weighted by molar-refractivity contribution is 7.26. The van der Waals surface area contributed by atoms with Crippen molar-refractivity contribution in [2.24, 2.45) is 0 Å². The molecule has 3 aromatic heterocycles. The molecule has 0 saturated carbocycles. The predicted molar refractivity (Wildman–Crippen MR) is 104 cm³/mol. The number of aryl methyl sites for hydroxylation is 2. The van der Waals surface area contributed by atoms with Crippen LogP contribution in [-0.2, 0) is 6.54 Å². The van der Waals surface area contributed by atoms with Crippen molar-refractivity contribution in [3.63, 3.8) is 0 Å². The molecule has 4 aromatic rings. The van der Waals surface area contributed by atoms with E-state index >= 15 is 0 Å². The average Bonchev–Trinajstić information content (AvgIpc) is 3.14. The summed E-state index contributed by atoms with van der Waals surface area (Å²) in [5.41, 5.74) is 3.80. The van der Waals surface area contributed by atoms with Crippen molar-refractivity contribution in [1.82, 2.24) is 15.2 Å². The summed E-state index contributed by atoms with van der Waals surface area (Å²) in [4.78, 5) is 5.60. The number of anilines is 1. The molecule has 0 aliphatic rings. The van der Waals surface area contributed by atoms with Crippen LogP contribution in [0.1, 0.15) is 30.7 Å². The van der Waals surface area contributed by atoms with Gasteiger partial charge in [0.2, 0.25) is 0 Å². The Morgan fingerprint density at radius 2 is 1.96 bits per heavy atom. The number of pyridine rings is 1. The van der Waals surface area contributed by atoms with Gasteiger partial charge in [-0.15, -0.1) is 11.3 Å². The Morgan fingerprint density at radius 3 is 2.72 bits per heavy atom. The van der Waals surface area contributed by atoms with Gasteiger partial charge in [-0.25, -0.2) is 9.37 Å². The van der Waals surface area contributed by atoms with E-state index in [0.29, 0.717) is 12.1 Å². The molecule has 130 valence electrons. The van der Waals surface area contributed by atoms with Gasteiger partial charge < -0.3 is 5.32 Å². The summed E-state index contributed by atoms with van der Waals surface area (Å²) >= 11 is 1.60. The van der Waals surface area contributed by atoms with E-state index in [1.165, 1.54) is 11.6 Å². The number of aromatic amines is 1. The fourth-order valence-corrected chi connectivity index (χ4v) is 4.03. The molecule has 0 unspecified atom stereocenters. The highest BCUT2D eigenvalue weighted by Crippen LogP contribution is 2.37. The molecule has 1 aromatic carbocycles. The van der Waals surface area contributed by atoms with Gasteiger partial charge in [0, 0.05) is 23.2 Å². The molecule has 0 aliphatic carbocycles. The van der Waals surface area contributed by atoms with E-state index in [1.54, 1.807) is 23.5 Å². The predicted octanol–water partition coefficient (Wildman–Crippen LogP) is 5.57. The van der Waals surface area contributed by atoms with Crippen LogP contribution in [-0.4, -0.2) is 15.2 Å². The average molecular weight is 356 g/mol. The van der Waals surface area contributed by atoms with E-state index in [0.717, 1.165) is 31.9 Å². The Morgan fingerprint density at radius 1 is 1.20 bits per heavy atom. The maximum Gasteiger partial charge on any atom is 0.166 e. The lowest BCUT2D eigenvalue weighted by Gasteiger charge is -2.04. The standard InChI is InChI=1S/C17H15FN4S.C2H6/c1-9-7-10(2)20-17-13(9)14-15(23-17)16(22-21-14)19-8-11-5-3-4-6-12(11)18;1-2/h3-7H,8H2,1-2H3,(H2,19,21,22);1-2H3. The lowest BCUT2D eigenvalue weighted by Crippen LogP contribution is -2.01. The zero-order valence-electron chi connectivity index (χ0n) is 14.8. The molecule has 4 rings (SSSR count). The molecule has 0 radical (unpaired) electrons. The topological polar surface area (TPSA) is 53.6 Å². The van der Waals surface area contributed by atoms with E-state index in [1.807, 2.05) is 26.8 Å². The molecule has 0 fully saturated rings. The van der Waals surface area contributed by atoms with E-state index in [-0.39, 0.29) is 5.82 Å². The fraction of sp³-hybridized carbons (Fsp3) is 0.263. The maximum atomic E-state index is 13.7. The summed E-state index contributed by atoms with van der Waals surface area (Å²) < 4.78 is 14.7. The number of nitrogens with zero attached hydrogens (tertiary/aromatic N) is 2. The van der Waals surface area contributed by atoms with Gasteiger partial charge in [0.05, 0.1) is 10.2 Å². The van der Waals surface area contributed by atoms with Gasteiger partial charge in [-0.3, -0.25) is 5.10 Å². The third-order valence-electron chi connectivity index (χ3n) is 3.89. The van der Waals surface area contributed by atoms with Gasteiger partial charge in [0.25, 0.3) is 0 Å². The molecule has 6 heteroatoms. The summed E-state index contributed by atoms with van der Waals surface area (Å²) in [6.45, 7) is 8.47. The minimum absolute atomic E-state index is 0.212. The van der Waals surface area contributed by atoms with Crippen molar-refractivity contribution in [1.29, 1.82) is 0 Å². The van der Waals surface area contributed by atoms with Gasteiger partial charge in [0.1, 0.15) is 10.6 Å². The SMILES string of the molecule is CC.Cc1cc(C)c2c(n1)sc1c(NCc3ccccc3F)n[nH]c12. The van der Waals surface area contributed by atoms with Crippen molar-refractivity contribution in [2.75, 3.05) is 5.32 Å². The molecule has 0 amide bonds. The Bertz CT molecular complexity index is 1020. The maximum absolute atomic E-state index is 13.7. The van der Waals surface area contributed by atoms with Crippen LogP contribution in [0.25, 0.3) is 20.4 Å². The largest absolute Gasteiger partial charge is 0.363 e. The zero-order chi connectivity index (χ0) is 18.0. The third kappa shape index (κ3) is 3.22. The van der Waals surface area contributed by atoms with Crippen LogP contribution in [0.2, 0.25) is 0 Å². The van der Waals surface area contributed by atoms with Crippen LogP contribution in [0.15, 0.2) is 30.3 Å². The first-order valence-corrected chi connectivity index (χ1v) is 9.17. The van der Waals surface area contributed by atoms with Crippen molar-refractivity contribution in [3.8, 4) is 0 Å². The number of aromatic nitrogens is 3. The number of nitrogens with one attached hydrogen (secondary N) is 2. The minimum atomic E-state index is -0.212. The number of hydrogen-bond donors (Lipinski definition) is 2. The molecule has 25 heavy (non-hydrogen) atoms. The van der Waals surface area contributed by atoms with Crippen LogP contribution in [0.3, 0.4) is 0 Å². The Labute approximate surface area is 150 Å². The highest BCUT2D eigenvalue weighted by atomic mass is 32.1. The second kappa shape index (κ2) is 7.19. The normalized spacial score (nSPS) is 10.8. The number of H-pyrrole nitrogens is 1. The number of halogens is 1. The van der Waals surface area contributed by atoms with Crippen LogP contribution < -0.4 is 5.32 Å². The van der Waals surface area contributed by atoms with Crippen LogP contribution >= 0.6 is 11.3 Å². The monoisotopic (exact) mass is 356 g/mol. The summed E-state index contributed by atoms with van der Waals surface area (Å²) in [5, 5.41) is 11.8. The van der Waals surface area contributed by atoms with Crippen molar-refractivity contribution in [3.05, 3.63) is 53.0 Å². The van der Waals surface area contributed by atoms with Crippen molar-refractivity contribution >= 4 is 37.6 Å². The number of rotatable bonds is 3. The number of benzene rings is 1. The number of hydrogen-bond acceptors (Lipinski definition) is 4. The smallest absolute Gasteiger partial charge is 0.166 e. The Balaban J connectivity index is 0.000000880. The second-order valence-corrected chi connectivity index (χ2v) is 6.58. The number of fused-ring (bicyclic) bond motifs is 3. The number of thiophene rings is 1. The molecule has 0 bridgehead atoms. The van der Waals surface area contributed by atoms with Gasteiger partial charge >= 0.3 is 0 Å². The lowest BCUT2D eigenvalue weighted by atomic mass is 10.1. The van der Waals surface area contributed by atoms with Gasteiger partial charge in [-0.2, -0.15) is 5.10 Å². The minimum Gasteiger partial charge on any atom is -0.363 e. The molecular weight excluding hydrogens is 335 g/mol.